The van der Waals surface area contributed by atoms with Gasteiger partial charge in [0.2, 0.25) is 5.89 Å². The molecule has 0 bridgehead atoms. The van der Waals surface area contributed by atoms with Crippen LogP contribution in [0.2, 0.25) is 0 Å². The summed E-state index contributed by atoms with van der Waals surface area (Å²) in [5, 5.41) is 0. The van der Waals surface area contributed by atoms with Crippen LogP contribution in [-0.2, 0) is 19.6 Å². The molecule has 2 aromatic heterocycles. The van der Waals surface area contributed by atoms with Gasteiger partial charge in [0.15, 0.2) is 31.8 Å². The largest absolute Gasteiger partial charge is 0.486 e. The fourth-order valence-electron chi connectivity index (χ4n) is 2.59. The van der Waals surface area contributed by atoms with Gasteiger partial charge in [-0.3, -0.25) is 0 Å². The number of nitrogens with one attached hydrogen (secondary N) is 1. The van der Waals surface area contributed by atoms with E-state index in [1.54, 1.807) is 0 Å². The number of hydrogen-bond donors (Lipinski definition) is 1. The van der Waals surface area contributed by atoms with E-state index in [2.05, 4.69) is 9.97 Å². The van der Waals surface area contributed by atoms with Crippen molar-refractivity contribution in [3.05, 3.63) is 30.5 Å². The van der Waals surface area contributed by atoms with Crippen molar-refractivity contribution in [3.8, 4) is 17.3 Å². The van der Waals surface area contributed by atoms with Gasteiger partial charge in [0.05, 0.1) is 16.8 Å². The van der Waals surface area contributed by atoms with Crippen LogP contribution in [0.3, 0.4) is 0 Å². The maximum atomic E-state index is 13.1. The van der Waals surface area contributed by atoms with Gasteiger partial charge in [-0.05, 0) is 18.2 Å². The second-order valence-electron chi connectivity index (χ2n) is 6.93. The molecule has 33 heavy (non-hydrogen) atoms. The molecule has 1 atom stereocenters. The van der Waals surface area contributed by atoms with Crippen LogP contribution in [0.15, 0.2) is 44.7 Å². The van der Waals surface area contributed by atoms with E-state index in [9.17, 15) is 34.6 Å². The molecule has 180 valence electrons. The maximum Gasteiger partial charge on any atom is 0.483 e. The number of alkyl halides is 5. The van der Waals surface area contributed by atoms with Crippen LogP contribution in [0.5, 0.6) is 5.75 Å². The summed E-state index contributed by atoms with van der Waals surface area (Å²) in [6.45, 7) is 0.906. The van der Waals surface area contributed by atoms with Gasteiger partial charge in [0.1, 0.15) is 21.9 Å². The Bertz CT molecular complexity index is 1410. The van der Waals surface area contributed by atoms with Crippen molar-refractivity contribution in [2.24, 2.45) is 0 Å². The van der Waals surface area contributed by atoms with E-state index < -0.39 is 59.0 Å². The number of sulfone groups is 1. The van der Waals surface area contributed by atoms with Gasteiger partial charge < -0.3 is 9.15 Å². The van der Waals surface area contributed by atoms with E-state index in [-0.39, 0.29) is 22.5 Å². The molecule has 1 aromatic carbocycles. The molecule has 2 heterocycles. The molecule has 1 unspecified atom stereocenters. The van der Waals surface area contributed by atoms with Crippen LogP contribution in [-0.4, -0.2) is 46.4 Å². The Morgan fingerprint density at radius 2 is 1.79 bits per heavy atom. The lowest BCUT2D eigenvalue weighted by Crippen LogP contribution is -2.21. The fourth-order valence-corrected chi connectivity index (χ4v) is 4.44. The molecule has 15 heteroatoms. The number of fused-ring (bicyclic) bond motifs is 1. The molecule has 0 aliphatic rings. The Morgan fingerprint density at radius 3 is 2.36 bits per heavy atom. The number of benzene rings is 1. The SMILES string of the molecule is CCS(=O)(=O)c1cc(OCC(C)(F)F)cnc1-c1nc2cc(S(=N)(=O)C(F)(F)F)ccc2o1. The van der Waals surface area contributed by atoms with E-state index in [0.717, 1.165) is 30.5 Å². The first-order chi connectivity index (χ1) is 15.0. The summed E-state index contributed by atoms with van der Waals surface area (Å²) in [6, 6.07) is 3.52. The van der Waals surface area contributed by atoms with Crippen molar-refractivity contribution in [2.45, 2.75) is 35.1 Å². The second-order valence-corrected chi connectivity index (χ2v) is 11.2. The average Bonchev–Trinajstić information content (AvgIpc) is 3.14. The molecule has 0 fully saturated rings. The van der Waals surface area contributed by atoms with Crippen molar-refractivity contribution in [1.29, 1.82) is 4.78 Å². The molecule has 0 amide bonds. The van der Waals surface area contributed by atoms with E-state index in [4.69, 9.17) is 13.9 Å². The van der Waals surface area contributed by atoms with Crippen molar-refractivity contribution in [2.75, 3.05) is 12.4 Å². The van der Waals surface area contributed by atoms with Crippen molar-refractivity contribution in [3.63, 3.8) is 0 Å². The number of halogens is 5. The first kappa shape index (κ1) is 24.8. The van der Waals surface area contributed by atoms with E-state index in [0.29, 0.717) is 6.92 Å². The summed E-state index contributed by atoms with van der Waals surface area (Å²) in [6.07, 6.45) is 0.969. The van der Waals surface area contributed by atoms with Crippen LogP contribution in [0.25, 0.3) is 22.7 Å². The van der Waals surface area contributed by atoms with Gasteiger partial charge >= 0.3 is 5.51 Å². The predicted molar refractivity (Wildman–Crippen MR) is 106 cm³/mol. The molecular weight excluding hydrogens is 497 g/mol. The summed E-state index contributed by atoms with van der Waals surface area (Å²) in [7, 11) is -9.15. The Morgan fingerprint density at radius 1 is 1.12 bits per heavy atom. The average molecular weight is 513 g/mol. The van der Waals surface area contributed by atoms with Crippen LogP contribution >= 0.6 is 0 Å². The lowest BCUT2D eigenvalue weighted by Gasteiger charge is -2.13. The number of nitrogens with zero attached hydrogens (tertiary/aromatic N) is 2. The van der Waals surface area contributed by atoms with Crippen molar-refractivity contribution in [1.82, 2.24) is 9.97 Å². The van der Waals surface area contributed by atoms with Crippen molar-refractivity contribution < 1.29 is 43.7 Å². The first-order valence-corrected chi connectivity index (χ1v) is 12.3. The fraction of sp³-hybridized carbons (Fsp3) is 0.333. The predicted octanol–water partition coefficient (Wildman–Crippen LogP) is 4.64. The molecule has 8 nitrogen and oxygen atoms in total. The number of ether oxygens (including phenoxy) is 1. The summed E-state index contributed by atoms with van der Waals surface area (Å²) >= 11 is 0. The molecule has 0 aliphatic carbocycles. The topological polar surface area (TPSA) is 123 Å². The summed E-state index contributed by atoms with van der Waals surface area (Å²) < 4.78 is 119. The smallest absolute Gasteiger partial charge is 0.483 e. The number of rotatable bonds is 7. The van der Waals surface area contributed by atoms with E-state index in [1.807, 2.05) is 0 Å². The Kier molecular flexibility index (Phi) is 6.17. The number of oxazole rings is 1. The zero-order valence-corrected chi connectivity index (χ0v) is 18.6. The van der Waals surface area contributed by atoms with Crippen LogP contribution < -0.4 is 4.74 Å². The highest BCUT2D eigenvalue weighted by Gasteiger charge is 2.43. The molecule has 3 rings (SSSR count). The maximum absolute atomic E-state index is 13.1. The van der Waals surface area contributed by atoms with E-state index >= 15 is 0 Å². The van der Waals surface area contributed by atoms with Crippen LogP contribution in [0, 0.1) is 4.78 Å². The minimum absolute atomic E-state index is 0.0845. The highest BCUT2D eigenvalue weighted by molar-refractivity contribution is 7.93. The van der Waals surface area contributed by atoms with Gasteiger partial charge in [0.25, 0.3) is 5.92 Å². The minimum atomic E-state index is -5.32. The lowest BCUT2D eigenvalue weighted by atomic mass is 10.3. The van der Waals surface area contributed by atoms with Gasteiger partial charge in [-0.15, -0.1) is 0 Å². The monoisotopic (exact) mass is 513 g/mol. The van der Waals surface area contributed by atoms with Gasteiger partial charge in [-0.25, -0.2) is 36.2 Å². The highest BCUT2D eigenvalue weighted by Crippen LogP contribution is 2.35. The third-order valence-corrected chi connectivity index (χ3v) is 7.57. The molecule has 0 spiro atoms. The minimum Gasteiger partial charge on any atom is -0.486 e. The van der Waals surface area contributed by atoms with Crippen molar-refractivity contribution >= 4 is 30.7 Å². The van der Waals surface area contributed by atoms with Gasteiger partial charge in [-0.1, -0.05) is 6.92 Å². The summed E-state index contributed by atoms with van der Waals surface area (Å²) in [5.41, 5.74) is -5.95. The third kappa shape index (κ3) is 5.08. The normalized spacial score (nSPS) is 14.9. The lowest BCUT2D eigenvalue weighted by molar-refractivity contribution is -0.0407. The third-order valence-electron chi connectivity index (χ3n) is 4.25. The Hall–Kier alpha value is -2.81. The molecule has 0 radical (unpaired) electrons. The summed E-state index contributed by atoms with van der Waals surface area (Å²) in [4.78, 5) is 6.51. The Balaban J connectivity index is 2.12. The molecule has 0 saturated carbocycles. The Labute approximate surface area is 184 Å². The molecular formula is C18H16F5N3O5S2. The number of pyridine rings is 1. The molecule has 0 aliphatic heterocycles. The van der Waals surface area contributed by atoms with E-state index in [1.165, 1.54) is 6.92 Å². The number of hydrogen-bond acceptors (Lipinski definition) is 8. The molecule has 3 aromatic rings. The quantitative estimate of drug-likeness (QED) is 0.457. The number of aromatic nitrogens is 2. The zero-order chi connectivity index (χ0) is 24.8. The molecule has 0 saturated heterocycles. The highest BCUT2D eigenvalue weighted by atomic mass is 32.2. The first-order valence-electron chi connectivity index (χ1n) is 9.04. The van der Waals surface area contributed by atoms with Crippen LogP contribution in [0.1, 0.15) is 13.8 Å². The zero-order valence-electron chi connectivity index (χ0n) is 16.9. The molecule has 1 N–H and O–H groups in total. The van der Waals surface area contributed by atoms with Crippen LogP contribution in [0.4, 0.5) is 22.0 Å². The van der Waals surface area contributed by atoms with Gasteiger partial charge in [-0.2, -0.15) is 13.2 Å². The second kappa shape index (κ2) is 8.20. The summed E-state index contributed by atoms with van der Waals surface area (Å²) in [5.74, 6) is -4.24. The van der Waals surface area contributed by atoms with Gasteiger partial charge in [0, 0.05) is 13.0 Å². The standard InChI is InChI=1S/C18H16F5N3O5S2/c1-3-32(27,28)14-6-10(30-9-17(2,19)20)8-25-15(14)16-26-12-7-11(4-5-13(12)31-16)33(24,29)18(21,22)23/h4-8,24H,3,9H2,1-2H3.